The number of pyridine rings is 1. The number of aliphatic hydroxyl groups excluding tert-OH is 1. The van der Waals surface area contributed by atoms with Gasteiger partial charge in [-0.3, -0.25) is 14.5 Å². The average Bonchev–Trinajstić information content (AvgIpc) is 3.89. The molecule has 3 N–H and O–H groups in total. The second-order valence-electron chi connectivity index (χ2n) is 13.0. The summed E-state index contributed by atoms with van der Waals surface area (Å²) in [6.07, 6.45) is 2.59. The Morgan fingerprint density at radius 1 is 1.14 bits per heavy atom. The second-order valence-corrected chi connectivity index (χ2v) is 13.0. The van der Waals surface area contributed by atoms with Gasteiger partial charge in [-0.1, -0.05) is 13.3 Å². The first-order chi connectivity index (χ1) is 20.5. The van der Waals surface area contributed by atoms with Crippen LogP contribution in [0.4, 0.5) is 4.79 Å². The van der Waals surface area contributed by atoms with Gasteiger partial charge in [-0.25, -0.2) is 9.78 Å². The Bertz CT molecular complexity index is 1350. The summed E-state index contributed by atoms with van der Waals surface area (Å²) in [5.74, 6) is 0.603. The lowest BCUT2D eigenvalue weighted by Crippen LogP contribution is -2.55. The van der Waals surface area contributed by atoms with Crippen molar-refractivity contribution in [2.24, 2.45) is 0 Å². The predicted octanol–water partition coefficient (Wildman–Crippen LogP) is 3.80. The number of likely N-dealkylation sites (tertiary alicyclic amines) is 1. The van der Waals surface area contributed by atoms with Crippen LogP contribution >= 0.6 is 0 Å². The van der Waals surface area contributed by atoms with E-state index in [0.717, 1.165) is 47.9 Å². The Morgan fingerprint density at radius 3 is 2.51 bits per heavy atom. The summed E-state index contributed by atoms with van der Waals surface area (Å²) in [4.78, 5) is 45.8. The molecule has 2 aliphatic carbocycles. The summed E-state index contributed by atoms with van der Waals surface area (Å²) in [6.45, 7) is 7.33. The summed E-state index contributed by atoms with van der Waals surface area (Å²) in [5.41, 5.74) is 0.182. The van der Waals surface area contributed by atoms with Crippen LogP contribution in [0.5, 0.6) is 11.6 Å². The van der Waals surface area contributed by atoms with E-state index in [0.29, 0.717) is 24.6 Å². The Kier molecular flexibility index (Phi) is 9.01. The monoisotopic (exact) mass is 596 g/mol. The summed E-state index contributed by atoms with van der Waals surface area (Å²) in [6, 6.07) is 6.14. The van der Waals surface area contributed by atoms with E-state index in [1.54, 1.807) is 27.9 Å². The molecule has 1 saturated heterocycles. The number of carbonyl (C=O) groups is 3. The normalized spacial score (nSPS) is 21.7. The van der Waals surface area contributed by atoms with Gasteiger partial charge in [0.15, 0.2) is 6.10 Å². The number of rotatable bonds is 11. The van der Waals surface area contributed by atoms with Crippen molar-refractivity contribution >= 4 is 28.7 Å². The minimum atomic E-state index is -1.40. The number of aliphatic hydroxyl groups is 1. The van der Waals surface area contributed by atoms with E-state index in [-0.39, 0.29) is 19.0 Å². The zero-order valence-corrected chi connectivity index (χ0v) is 25.7. The SMILES string of the molecule is CCCC(NC(=O)C1CC(Oc2nc(C3CC3)cc3cc(OC)ccc23)CN1C(=O)OC(C)(C)C)C(O)C(=O)NC1CC1. The van der Waals surface area contributed by atoms with Gasteiger partial charge < -0.3 is 30.0 Å². The molecule has 1 aromatic heterocycles. The number of aromatic nitrogens is 1. The van der Waals surface area contributed by atoms with Crippen LogP contribution in [0, 0.1) is 0 Å². The van der Waals surface area contributed by atoms with E-state index in [2.05, 4.69) is 16.7 Å². The molecule has 4 unspecified atom stereocenters. The molecule has 0 radical (unpaired) electrons. The van der Waals surface area contributed by atoms with Crippen molar-refractivity contribution in [2.45, 2.75) is 114 Å². The van der Waals surface area contributed by atoms with Crippen LogP contribution in [0.2, 0.25) is 0 Å². The summed E-state index contributed by atoms with van der Waals surface area (Å²) < 4.78 is 17.5. The largest absolute Gasteiger partial charge is 0.497 e. The number of methoxy groups -OCH3 is 1. The summed E-state index contributed by atoms with van der Waals surface area (Å²) >= 11 is 0. The quantitative estimate of drug-likeness (QED) is 0.356. The number of amides is 3. The third-order valence-electron chi connectivity index (χ3n) is 7.99. The van der Waals surface area contributed by atoms with Crippen LogP contribution in [0.15, 0.2) is 24.3 Å². The molecule has 43 heavy (non-hydrogen) atoms. The van der Waals surface area contributed by atoms with Crippen molar-refractivity contribution in [3.05, 3.63) is 30.0 Å². The molecule has 0 bridgehead atoms. The Hall–Kier alpha value is -3.60. The molecule has 0 spiro atoms. The molecule has 3 aliphatic rings. The van der Waals surface area contributed by atoms with Gasteiger partial charge >= 0.3 is 6.09 Å². The first kappa shape index (κ1) is 30.8. The molecule has 3 fully saturated rings. The standard InChI is InChI=1S/C32H44N4O7/c1-6-7-24(27(37)29(39)33-20-10-11-20)34-28(38)26-16-22(17-36(26)31(40)43-32(2,3)4)42-30-23-13-12-21(41-5)14-19(23)15-25(35-30)18-8-9-18/h12-15,18,20,22,24,26-27,37H,6-11,16-17H2,1-5H3,(H,33,39)(H,34,38). The number of nitrogens with zero attached hydrogens (tertiary/aromatic N) is 2. The van der Waals surface area contributed by atoms with Crippen LogP contribution in [-0.4, -0.2) is 82.5 Å². The van der Waals surface area contributed by atoms with Crippen molar-refractivity contribution in [2.75, 3.05) is 13.7 Å². The zero-order chi connectivity index (χ0) is 30.9. The number of benzene rings is 1. The molecule has 4 atom stereocenters. The molecule has 2 saturated carbocycles. The molecule has 2 aromatic rings. The summed E-state index contributed by atoms with van der Waals surface area (Å²) in [7, 11) is 1.63. The molecule has 5 rings (SSSR count). The zero-order valence-electron chi connectivity index (χ0n) is 25.7. The van der Waals surface area contributed by atoms with Gasteiger partial charge in [-0.2, -0.15) is 0 Å². The Labute approximate surface area is 252 Å². The van der Waals surface area contributed by atoms with Crippen LogP contribution in [0.1, 0.15) is 84.3 Å². The molecular formula is C32H44N4O7. The van der Waals surface area contributed by atoms with Crippen LogP contribution in [0.25, 0.3) is 10.8 Å². The molecule has 234 valence electrons. The average molecular weight is 597 g/mol. The molecule has 1 aromatic carbocycles. The van der Waals surface area contributed by atoms with Crippen LogP contribution in [-0.2, 0) is 14.3 Å². The Morgan fingerprint density at radius 2 is 1.88 bits per heavy atom. The number of nitrogens with one attached hydrogen (secondary N) is 2. The van der Waals surface area contributed by atoms with Gasteiger partial charge in [0.1, 0.15) is 23.5 Å². The first-order valence-corrected chi connectivity index (χ1v) is 15.4. The van der Waals surface area contributed by atoms with E-state index in [9.17, 15) is 19.5 Å². The van der Waals surface area contributed by atoms with Crippen molar-refractivity contribution in [3.63, 3.8) is 0 Å². The fourth-order valence-corrected chi connectivity index (χ4v) is 5.44. The molecule has 3 amide bonds. The van der Waals surface area contributed by atoms with Gasteiger partial charge in [-0.15, -0.1) is 0 Å². The van der Waals surface area contributed by atoms with E-state index < -0.39 is 47.8 Å². The van der Waals surface area contributed by atoms with Gasteiger partial charge in [0.25, 0.3) is 5.91 Å². The highest BCUT2D eigenvalue weighted by Gasteiger charge is 2.44. The third-order valence-corrected chi connectivity index (χ3v) is 7.99. The van der Waals surface area contributed by atoms with Crippen LogP contribution in [0.3, 0.4) is 0 Å². The Balaban J connectivity index is 1.37. The molecule has 1 aliphatic heterocycles. The number of ether oxygens (including phenoxy) is 3. The maximum atomic E-state index is 13.7. The smallest absolute Gasteiger partial charge is 0.411 e. The van der Waals surface area contributed by atoms with E-state index in [1.165, 1.54) is 4.90 Å². The number of hydrogen-bond acceptors (Lipinski definition) is 8. The molecule has 11 heteroatoms. The highest BCUT2D eigenvalue weighted by atomic mass is 16.6. The molecule has 11 nitrogen and oxygen atoms in total. The lowest BCUT2D eigenvalue weighted by molar-refractivity contribution is -0.133. The number of carbonyl (C=O) groups excluding carboxylic acids is 3. The first-order valence-electron chi connectivity index (χ1n) is 15.4. The second kappa shape index (κ2) is 12.6. The lowest BCUT2D eigenvalue weighted by Gasteiger charge is -2.29. The van der Waals surface area contributed by atoms with Gasteiger partial charge in [-0.05, 0) is 82.5 Å². The maximum Gasteiger partial charge on any atom is 0.411 e. The highest BCUT2D eigenvalue weighted by Crippen LogP contribution is 2.42. The van der Waals surface area contributed by atoms with Crippen molar-refractivity contribution in [3.8, 4) is 11.6 Å². The fourth-order valence-electron chi connectivity index (χ4n) is 5.44. The fraction of sp³-hybridized carbons (Fsp3) is 0.625. The van der Waals surface area contributed by atoms with E-state index in [4.69, 9.17) is 19.2 Å². The minimum absolute atomic E-state index is 0.0831. The van der Waals surface area contributed by atoms with E-state index in [1.807, 2.05) is 25.1 Å². The number of hydrogen-bond donors (Lipinski definition) is 3. The van der Waals surface area contributed by atoms with Gasteiger partial charge in [0.2, 0.25) is 11.8 Å². The van der Waals surface area contributed by atoms with Gasteiger partial charge in [0.05, 0.1) is 19.7 Å². The maximum absolute atomic E-state index is 13.7. The highest BCUT2D eigenvalue weighted by molar-refractivity contribution is 5.89. The minimum Gasteiger partial charge on any atom is -0.497 e. The van der Waals surface area contributed by atoms with Gasteiger partial charge in [0, 0.05) is 29.5 Å². The molecular weight excluding hydrogens is 552 g/mol. The van der Waals surface area contributed by atoms with E-state index >= 15 is 0 Å². The number of fused-ring (bicyclic) bond motifs is 1. The van der Waals surface area contributed by atoms with Crippen molar-refractivity contribution < 1.29 is 33.7 Å². The molecule has 2 heterocycles. The predicted molar refractivity (Wildman–Crippen MR) is 160 cm³/mol. The van der Waals surface area contributed by atoms with Crippen molar-refractivity contribution in [1.82, 2.24) is 20.5 Å². The summed E-state index contributed by atoms with van der Waals surface area (Å²) in [5, 5.41) is 18.2. The lowest BCUT2D eigenvalue weighted by atomic mass is 10.0. The van der Waals surface area contributed by atoms with Crippen molar-refractivity contribution in [1.29, 1.82) is 0 Å². The third kappa shape index (κ3) is 7.68. The van der Waals surface area contributed by atoms with Crippen LogP contribution < -0.4 is 20.1 Å². The topological polar surface area (TPSA) is 139 Å².